The van der Waals surface area contributed by atoms with Crippen LogP contribution in [-0.4, -0.2) is 28.2 Å². The quantitative estimate of drug-likeness (QED) is 0.911. The van der Waals surface area contributed by atoms with E-state index in [-0.39, 0.29) is 5.69 Å². The number of hydrogen-bond acceptors (Lipinski definition) is 4. The van der Waals surface area contributed by atoms with E-state index in [9.17, 15) is 4.79 Å². The van der Waals surface area contributed by atoms with Crippen molar-refractivity contribution in [2.75, 3.05) is 7.11 Å². The Bertz CT molecular complexity index is 611. The maximum Gasteiger partial charge on any atom is 0.354 e. The zero-order chi connectivity index (χ0) is 13.8. The summed E-state index contributed by atoms with van der Waals surface area (Å²) in [6, 6.07) is 7.12. The van der Waals surface area contributed by atoms with Crippen molar-refractivity contribution in [1.29, 1.82) is 0 Å². The summed E-state index contributed by atoms with van der Waals surface area (Å²) < 4.78 is 5.26. The van der Waals surface area contributed by atoms with Crippen molar-refractivity contribution in [2.45, 2.75) is 13.3 Å². The molecule has 1 heterocycles. The van der Waals surface area contributed by atoms with E-state index >= 15 is 0 Å². The fourth-order valence-electron chi connectivity index (χ4n) is 1.85. The monoisotopic (exact) mass is 258 g/mol. The molecule has 0 bridgehead atoms. The minimum atomic E-state index is -1.06. The molecular formula is C14H14N2O3. The number of ether oxygens (including phenoxy) is 1. The van der Waals surface area contributed by atoms with Crippen LogP contribution in [-0.2, 0) is 6.42 Å². The van der Waals surface area contributed by atoms with Crippen LogP contribution in [0.1, 0.15) is 23.0 Å². The number of rotatable bonds is 4. The summed E-state index contributed by atoms with van der Waals surface area (Å²) in [5.41, 5.74) is 2.47. The predicted molar refractivity (Wildman–Crippen MR) is 70.4 cm³/mol. The first-order valence-corrected chi connectivity index (χ1v) is 5.88. The van der Waals surface area contributed by atoms with E-state index in [0.29, 0.717) is 5.69 Å². The van der Waals surface area contributed by atoms with Gasteiger partial charge in [0.05, 0.1) is 12.8 Å². The Hall–Kier alpha value is -2.43. The molecule has 5 nitrogen and oxygen atoms in total. The molecule has 0 aliphatic rings. The summed E-state index contributed by atoms with van der Waals surface area (Å²) in [7, 11) is 1.63. The number of benzene rings is 1. The average molecular weight is 258 g/mol. The first-order chi connectivity index (χ1) is 9.15. The van der Waals surface area contributed by atoms with E-state index < -0.39 is 5.97 Å². The molecule has 1 aromatic heterocycles. The summed E-state index contributed by atoms with van der Waals surface area (Å²) in [5, 5.41) is 8.93. The first-order valence-electron chi connectivity index (χ1n) is 5.88. The number of aryl methyl sites for hydroxylation is 1. The number of carbonyl (C=O) groups is 1. The molecule has 0 saturated heterocycles. The number of nitrogens with zero attached hydrogens (tertiary/aromatic N) is 2. The molecule has 2 rings (SSSR count). The van der Waals surface area contributed by atoms with Crippen LogP contribution in [0.4, 0.5) is 0 Å². The number of aromatic nitrogens is 2. The third-order valence-corrected chi connectivity index (χ3v) is 2.84. The van der Waals surface area contributed by atoms with Crippen LogP contribution in [0.3, 0.4) is 0 Å². The number of aromatic carboxylic acids is 1. The molecule has 0 amide bonds. The molecule has 0 unspecified atom stereocenters. The molecule has 0 saturated carbocycles. The van der Waals surface area contributed by atoms with Gasteiger partial charge in [0.25, 0.3) is 0 Å². The van der Waals surface area contributed by atoms with Gasteiger partial charge in [0.2, 0.25) is 0 Å². The summed E-state index contributed by atoms with van der Waals surface area (Å²) in [5.74, 6) is -0.244. The van der Waals surface area contributed by atoms with Gasteiger partial charge in [-0.05, 0) is 36.2 Å². The topological polar surface area (TPSA) is 72.3 Å². The summed E-state index contributed by atoms with van der Waals surface area (Å²) in [6.07, 6.45) is 2.09. The van der Waals surface area contributed by atoms with Crippen LogP contribution < -0.4 is 4.74 Å². The molecule has 2 aromatic rings. The van der Waals surface area contributed by atoms with E-state index in [4.69, 9.17) is 9.84 Å². The molecule has 19 heavy (non-hydrogen) atoms. The fourth-order valence-corrected chi connectivity index (χ4v) is 1.85. The lowest BCUT2D eigenvalue weighted by Crippen LogP contribution is -2.01. The molecule has 0 spiro atoms. The first kappa shape index (κ1) is 13.0. The van der Waals surface area contributed by atoms with Gasteiger partial charge in [-0.25, -0.2) is 14.8 Å². The molecule has 0 aliphatic carbocycles. The predicted octanol–water partition coefficient (Wildman–Crippen LogP) is 2.41. The number of hydrogen-bond donors (Lipinski definition) is 1. The van der Waals surface area contributed by atoms with Gasteiger partial charge in [0.15, 0.2) is 5.69 Å². The van der Waals surface area contributed by atoms with E-state index in [1.165, 1.54) is 12.4 Å². The van der Waals surface area contributed by atoms with E-state index in [2.05, 4.69) is 9.97 Å². The Kier molecular flexibility index (Phi) is 3.75. The van der Waals surface area contributed by atoms with E-state index in [1.807, 2.05) is 25.1 Å². The van der Waals surface area contributed by atoms with Gasteiger partial charge in [-0.15, -0.1) is 0 Å². The molecule has 5 heteroatoms. The highest BCUT2D eigenvalue weighted by atomic mass is 16.5. The Morgan fingerprint density at radius 3 is 2.74 bits per heavy atom. The largest absolute Gasteiger partial charge is 0.496 e. The highest BCUT2D eigenvalue weighted by Gasteiger charge is 2.09. The van der Waals surface area contributed by atoms with Crippen LogP contribution in [0.15, 0.2) is 30.6 Å². The minimum Gasteiger partial charge on any atom is -0.496 e. The van der Waals surface area contributed by atoms with Gasteiger partial charge in [-0.2, -0.15) is 0 Å². The molecule has 1 N–H and O–H groups in total. The van der Waals surface area contributed by atoms with Gasteiger partial charge < -0.3 is 9.84 Å². The summed E-state index contributed by atoms with van der Waals surface area (Å²) in [6.45, 7) is 2.03. The highest BCUT2D eigenvalue weighted by molar-refractivity contribution is 5.86. The molecule has 0 atom stereocenters. The Morgan fingerprint density at radius 2 is 2.11 bits per heavy atom. The molecule has 1 aromatic carbocycles. The second kappa shape index (κ2) is 5.48. The molecule has 0 aliphatic heterocycles. The Balaban J connectivity index is 2.47. The summed E-state index contributed by atoms with van der Waals surface area (Å²) >= 11 is 0. The van der Waals surface area contributed by atoms with Crippen LogP contribution in [0.2, 0.25) is 0 Å². The normalized spacial score (nSPS) is 10.2. The number of methoxy groups -OCH3 is 1. The van der Waals surface area contributed by atoms with Crippen LogP contribution in [0.25, 0.3) is 11.3 Å². The Labute approximate surface area is 110 Å². The maximum atomic E-state index is 10.9. The summed E-state index contributed by atoms with van der Waals surface area (Å²) in [4.78, 5) is 18.7. The SMILES string of the molecule is CCc1cc(-c2cc(C(=O)O)ncn2)ccc1OC. The fraction of sp³-hybridized carbons (Fsp3) is 0.214. The van der Waals surface area contributed by atoms with Crippen molar-refractivity contribution in [2.24, 2.45) is 0 Å². The van der Waals surface area contributed by atoms with Crippen LogP contribution in [0.5, 0.6) is 5.75 Å². The van der Waals surface area contributed by atoms with Gasteiger partial charge in [0.1, 0.15) is 12.1 Å². The zero-order valence-electron chi connectivity index (χ0n) is 10.8. The average Bonchev–Trinajstić information content (AvgIpc) is 2.46. The maximum absolute atomic E-state index is 10.9. The van der Waals surface area contributed by atoms with Crippen LogP contribution >= 0.6 is 0 Å². The lowest BCUT2D eigenvalue weighted by Gasteiger charge is -2.09. The number of carboxylic acids is 1. The van der Waals surface area contributed by atoms with Crippen molar-refractivity contribution in [1.82, 2.24) is 9.97 Å². The van der Waals surface area contributed by atoms with Crippen LogP contribution in [0, 0.1) is 0 Å². The molecule has 0 fully saturated rings. The van der Waals surface area contributed by atoms with Gasteiger partial charge in [-0.1, -0.05) is 6.92 Å². The molecule has 98 valence electrons. The molecular weight excluding hydrogens is 244 g/mol. The van der Waals surface area contributed by atoms with Crippen molar-refractivity contribution in [3.63, 3.8) is 0 Å². The third-order valence-electron chi connectivity index (χ3n) is 2.84. The van der Waals surface area contributed by atoms with E-state index in [0.717, 1.165) is 23.3 Å². The van der Waals surface area contributed by atoms with Gasteiger partial charge in [-0.3, -0.25) is 0 Å². The number of carboxylic acid groups (broad SMARTS) is 1. The van der Waals surface area contributed by atoms with Gasteiger partial charge >= 0.3 is 5.97 Å². The lowest BCUT2D eigenvalue weighted by molar-refractivity contribution is 0.0690. The third kappa shape index (κ3) is 2.70. The lowest BCUT2D eigenvalue weighted by atomic mass is 10.0. The van der Waals surface area contributed by atoms with Crippen molar-refractivity contribution < 1.29 is 14.6 Å². The van der Waals surface area contributed by atoms with E-state index in [1.54, 1.807) is 7.11 Å². The second-order valence-corrected chi connectivity index (χ2v) is 3.97. The second-order valence-electron chi connectivity index (χ2n) is 3.97. The minimum absolute atomic E-state index is 0.0149. The van der Waals surface area contributed by atoms with Gasteiger partial charge in [0, 0.05) is 5.56 Å². The van der Waals surface area contributed by atoms with Crippen molar-refractivity contribution >= 4 is 5.97 Å². The standard InChI is InChI=1S/C14H14N2O3/c1-3-9-6-10(4-5-13(9)19-2)11-7-12(14(17)18)16-8-15-11/h4-8H,3H2,1-2H3,(H,17,18). The smallest absolute Gasteiger partial charge is 0.354 e. The highest BCUT2D eigenvalue weighted by Crippen LogP contribution is 2.26. The van der Waals surface area contributed by atoms with Crippen molar-refractivity contribution in [3.05, 3.63) is 41.9 Å². The van der Waals surface area contributed by atoms with Crippen molar-refractivity contribution in [3.8, 4) is 17.0 Å². The zero-order valence-corrected chi connectivity index (χ0v) is 10.8. The Morgan fingerprint density at radius 1 is 1.32 bits per heavy atom. The molecule has 0 radical (unpaired) electrons.